The van der Waals surface area contributed by atoms with Crippen LogP contribution in [0, 0.1) is 33.1 Å². The molecule has 1 unspecified atom stereocenters. The Hall–Kier alpha value is -6.52. The van der Waals surface area contributed by atoms with Gasteiger partial charge < -0.3 is 0 Å². The van der Waals surface area contributed by atoms with E-state index in [4.69, 9.17) is 0 Å². The fourth-order valence-corrected chi connectivity index (χ4v) is 11.3. The first-order chi connectivity index (χ1) is 38.8. The largest absolute Gasteiger partial charge is 0.212 e. The molecule has 0 saturated heterocycles. The van der Waals surface area contributed by atoms with Crippen molar-refractivity contribution < 1.29 is 18.3 Å². The Morgan fingerprint density at radius 1 is 0.354 bits per heavy atom. The van der Waals surface area contributed by atoms with Gasteiger partial charge in [-0.1, -0.05) is 145 Å². The fraction of sp³-hybridized carbons (Fsp3) is 0.436. The molecular weight excluding hydrogens is 993 g/mol. The molecule has 0 saturated carbocycles. The maximum absolute atomic E-state index is 2.38. The molecule has 4 heterocycles. The number of pyridine rings is 4. The van der Waals surface area contributed by atoms with Crippen molar-refractivity contribution in [2.75, 3.05) is 0 Å². The predicted octanol–water partition coefficient (Wildman–Crippen LogP) is 18.5. The number of rotatable bonds is 14. The van der Waals surface area contributed by atoms with Gasteiger partial charge in [0.25, 0.3) is 0 Å². The Bertz CT molecular complexity index is 3350. The van der Waals surface area contributed by atoms with E-state index < -0.39 is 0 Å². The van der Waals surface area contributed by atoms with Gasteiger partial charge in [-0.15, -0.1) is 0 Å². The van der Waals surface area contributed by atoms with E-state index in [2.05, 4.69) is 317 Å². The van der Waals surface area contributed by atoms with E-state index in [1.54, 1.807) is 0 Å². The highest BCUT2D eigenvalue weighted by Crippen LogP contribution is 2.32. The van der Waals surface area contributed by atoms with E-state index in [1.165, 1.54) is 131 Å². The molecule has 0 spiro atoms. The number of nitrogens with zero attached hydrogens (tertiary/aromatic N) is 4. The molecule has 0 fully saturated rings. The topological polar surface area (TPSA) is 15.5 Å². The minimum Gasteiger partial charge on any atom is -0.201 e. The monoisotopic (exact) mass is 1100 g/mol. The van der Waals surface area contributed by atoms with E-state index in [0.717, 1.165) is 32.1 Å². The summed E-state index contributed by atoms with van der Waals surface area (Å²) in [5.74, 6) is 1.33. The third kappa shape index (κ3) is 18.0. The van der Waals surface area contributed by atoms with Crippen molar-refractivity contribution in [1.29, 1.82) is 0 Å². The highest BCUT2D eigenvalue weighted by Gasteiger charge is 2.21. The average molecular weight is 1100 g/mol. The number of hydrogen-bond donors (Lipinski definition) is 0. The van der Waals surface area contributed by atoms with Crippen molar-refractivity contribution in [3.05, 3.63) is 213 Å². The van der Waals surface area contributed by atoms with Crippen LogP contribution in [0.5, 0.6) is 0 Å². The minimum absolute atomic E-state index is 0.206. The van der Waals surface area contributed by atoms with Crippen LogP contribution in [0.15, 0.2) is 146 Å². The van der Waals surface area contributed by atoms with Gasteiger partial charge in [-0.25, -0.2) is 18.3 Å². The Kier molecular flexibility index (Phi) is 24.4. The maximum Gasteiger partial charge on any atom is 0.212 e. The highest BCUT2D eigenvalue weighted by atomic mass is 14.9. The summed E-state index contributed by atoms with van der Waals surface area (Å²) in [6.07, 6.45) is 18.0. The molecule has 1 atom stereocenters. The maximum atomic E-state index is 2.38. The molecular formula is C78H108N4+4. The quantitative estimate of drug-likeness (QED) is 0.0965. The van der Waals surface area contributed by atoms with Crippen molar-refractivity contribution in [2.45, 2.75) is 193 Å². The van der Waals surface area contributed by atoms with Gasteiger partial charge in [-0.3, -0.25) is 0 Å². The second kappa shape index (κ2) is 30.2. The Morgan fingerprint density at radius 3 is 0.963 bits per heavy atom. The third-order valence-corrected chi connectivity index (χ3v) is 16.8. The van der Waals surface area contributed by atoms with Gasteiger partial charge in [0.05, 0.1) is 0 Å². The lowest BCUT2D eigenvalue weighted by molar-refractivity contribution is -0.660. The molecule has 0 aliphatic heterocycles. The van der Waals surface area contributed by atoms with Crippen LogP contribution in [-0.2, 0) is 65.7 Å². The number of benzene rings is 4. The molecule has 0 radical (unpaired) electrons. The van der Waals surface area contributed by atoms with Crippen molar-refractivity contribution >= 4 is 0 Å². The van der Waals surface area contributed by atoms with E-state index in [-0.39, 0.29) is 5.41 Å². The first-order valence-electron chi connectivity index (χ1n) is 31.2. The summed E-state index contributed by atoms with van der Waals surface area (Å²) in [6, 6.07) is 45.5. The Labute approximate surface area is 500 Å². The SMILES string of the molecule is CCc1ccc(-c2ccc(C(C)(C)C)cc2C)[n+](C)c1.CCc1ccc(-c2ccc(C(C)CC)cc2C)[n+](C)c1.CCc1ccc(-c2ccc(C(CC)CC)cc2C)[n+](C)c1.CCc1ccc(-c2ccc(CC(C)(C)C)cc2C)[n+](C)c1. The van der Waals surface area contributed by atoms with Gasteiger partial charge in [0.2, 0.25) is 22.8 Å². The number of aromatic nitrogens is 4. The standard InChI is InChI=1S/2C20H28N.2C19H26N/c1-7-16-9-11-19(21(6)14-16)18-10-8-17(12-15(18)2)13-20(3,4)5;1-6-16-9-12-20(21(5)14-16)19-11-10-18(13-15(19)4)17(7-2)8-3;1-7-15-8-11-18(20(6)13-15)17-10-9-16(12-14(17)2)19(3,4)5;1-6-14(3)17-9-10-18(15(4)12-17)19-11-8-16(7-2)13-20(19)5/h8-12,14H,7,13H2,1-6H3;9-14,17H,6-8H2,1-5H3;8-13H,7H2,1-6H3;8-14H,6-7H2,1-5H3/q4*+1. The van der Waals surface area contributed by atoms with Crippen LogP contribution in [0.25, 0.3) is 45.0 Å². The molecule has 4 nitrogen and oxygen atoms in total. The fourth-order valence-electron chi connectivity index (χ4n) is 11.3. The molecule has 8 rings (SSSR count). The van der Waals surface area contributed by atoms with Crippen molar-refractivity contribution in [1.82, 2.24) is 0 Å². The van der Waals surface area contributed by atoms with Crippen LogP contribution in [0.4, 0.5) is 0 Å². The second-order valence-electron chi connectivity index (χ2n) is 25.7. The van der Waals surface area contributed by atoms with Gasteiger partial charge in [-0.2, -0.15) is 0 Å². The summed E-state index contributed by atoms with van der Waals surface area (Å²) in [6.45, 7) is 40.4. The van der Waals surface area contributed by atoms with Crippen LogP contribution >= 0.6 is 0 Å². The Balaban J connectivity index is 0.000000200. The molecule has 0 N–H and O–H groups in total. The summed E-state index contributed by atoms with van der Waals surface area (Å²) in [5, 5.41) is 0. The number of aryl methyl sites for hydroxylation is 12. The summed E-state index contributed by atoms with van der Waals surface area (Å²) in [5.41, 5.74) is 27.7. The lowest BCUT2D eigenvalue weighted by Gasteiger charge is -2.20. The zero-order valence-electron chi connectivity index (χ0n) is 55.5. The molecule has 0 amide bonds. The summed E-state index contributed by atoms with van der Waals surface area (Å²) >= 11 is 0. The van der Waals surface area contributed by atoms with E-state index in [1.807, 2.05) is 0 Å². The average Bonchev–Trinajstić information content (AvgIpc) is 3.51. The second-order valence-corrected chi connectivity index (χ2v) is 25.7. The first kappa shape index (κ1) is 66.3. The van der Waals surface area contributed by atoms with Gasteiger partial charge in [0.15, 0.2) is 24.8 Å². The van der Waals surface area contributed by atoms with E-state index in [0.29, 0.717) is 17.3 Å². The van der Waals surface area contributed by atoms with Crippen molar-refractivity contribution in [3.63, 3.8) is 0 Å². The van der Waals surface area contributed by atoms with Crippen LogP contribution < -0.4 is 18.3 Å². The summed E-state index contributed by atoms with van der Waals surface area (Å²) < 4.78 is 8.96. The highest BCUT2D eigenvalue weighted by molar-refractivity contribution is 5.65. The van der Waals surface area contributed by atoms with E-state index in [9.17, 15) is 0 Å². The smallest absolute Gasteiger partial charge is 0.201 e. The van der Waals surface area contributed by atoms with Crippen LogP contribution in [0.2, 0.25) is 0 Å². The minimum atomic E-state index is 0.206. The molecule has 436 valence electrons. The molecule has 0 bridgehead atoms. The van der Waals surface area contributed by atoms with Crippen molar-refractivity contribution in [3.8, 4) is 45.0 Å². The zero-order chi connectivity index (χ0) is 60.6. The van der Waals surface area contributed by atoms with Crippen LogP contribution in [-0.4, -0.2) is 0 Å². The van der Waals surface area contributed by atoms with Crippen LogP contribution in [0.3, 0.4) is 0 Å². The molecule has 4 aromatic heterocycles. The van der Waals surface area contributed by atoms with Gasteiger partial charge >= 0.3 is 0 Å². The molecule has 4 heteroatoms. The molecule has 0 aliphatic carbocycles. The summed E-state index contributed by atoms with van der Waals surface area (Å²) in [7, 11) is 8.54. The van der Waals surface area contributed by atoms with Gasteiger partial charge in [0.1, 0.15) is 28.2 Å². The number of hydrogen-bond acceptors (Lipinski definition) is 0. The third-order valence-electron chi connectivity index (χ3n) is 16.8. The van der Waals surface area contributed by atoms with Crippen LogP contribution in [0.1, 0.15) is 195 Å². The van der Waals surface area contributed by atoms with Gasteiger partial charge in [-0.05, 0) is 195 Å². The van der Waals surface area contributed by atoms with Gasteiger partial charge in [0, 0.05) is 68.8 Å². The molecule has 8 aromatic rings. The molecule has 82 heavy (non-hydrogen) atoms. The Morgan fingerprint density at radius 2 is 0.671 bits per heavy atom. The molecule has 0 aliphatic rings. The zero-order valence-corrected chi connectivity index (χ0v) is 55.5. The first-order valence-corrected chi connectivity index (χ1v) is 31.2. The normalized spacial score (nSPS) is 11.7. The van der Waals surface area contributed by atoms with E-state index >= 15 is 0 Å². The lowest BCUT2D eigenvalue weighted by Crippen LogP contribution is -2.31. The van der Waals surface area contributed by atoms with Crippen molar-refractivity contribution in [2.24, 2.45) is 33.6 Å². The predicted molar refractivity (Wildman–Crippen MR) is 353 cm³/mol. The molecule has 4 aromatic carbocycles. The lowest BCUT2D eigenvalue weighted by atomic mass is 9.85. The summed E-state index contributed by atoms with van der Waals surface area (Å²) in [4.78, 5) is 0.